The van der Waals surface area contributed by atoms with E-state index in [0.717, 1.165) is 6.07 Å². The van der Waals surface area contributed by atoms with Crippen LogP contribution in [0.4, 0.5) is 10.1 Å². The van der Waals surface area contributed by atoms with Crippen molar-refractivity contribution < 1.29 is 14.4 Å². The van der Waals surface area contributed by atoms with E-state index < -0.39 is 27.2 Å². The number of nitro benzene ring substituents is 1. The molecule has 0 fully saturated rings. The second kappa shape index (κ2) is 2.94. The van der Waals surface area contributed by atoms with Gasteiger partial charge in [-0.25, -0.2) is 4.39 Å². The summed E-state index contributed by atoms with van der Waals surface area (Å²) in [5.41, 5.74) is -0.445. The molecule has 0 aliphatic rings. The Bertz CT molecular complexity index is 319. The lowest BCUT2D eigenvalue weighted by Crippen LogP contribution is -1.89. The molecule has 0 saturated carbocycles. The topological polar surface area (TPSA) is 63.4 Å². The second-order valence-electron chi connectivity index (χ2n) is 2.02. The van der Waals surface area contributed by atoms with Crippen LogP contribution in [0.5, 0.6) is 5.75 Å². The lowest BCUT2D eigenvalue weighted by atomic mass is 10.3. The van der Waals surface area contributed by atoms with Crippen LogP contribution < -0.4 is 0 Å². The lowest BCUT2D eigenvalue weighted by molar-refractivity contribution is -0.385. The summed E-state index contributed by atoms with van der Waals surface area (Å²) in [4.78, 5) is 9.36. The Hall–Kier alpha value is -1.36. The number of aromatic hydroxyl groups is 1. The third kappa shape index (κ3) is 1.45. The van der Waals surface area contributed by atoms with Crippen LogP contribution in [0, 0.1) is 15.9 Å². The van der Waals surface area contributed by atoms with Crippen molar-refractivity contribution in [2.75, 3.05) is 0 Å². The molecule has 4 nitrogen and oxygen atoms in total. The molecule has 0 saturated heterocycles. The first-order valence-corrected chi connectivity index (χ1v) is 3.22. The highest BCUT2D eigenvalue weighted by atomic mass is 35.5. The molecule has 0 unspecified atom stereocenters. The summed E-state index contributed by atoms with van der Waals surface area (Å²) < 4.78 is 12.6. The summed E-state index contributed by atoms with van der Waals surface area (Å²) in [6, 6.07) is 1.53. The number of nitrogens with zero attached hydrogens (tertiary/aromatic N) is 1. The van der Waals surface area contributed by atoms with Crippen molar-refractivity contribution >= 4 is 17.3 Å². The molecule has 0 aliphatic carbocycles. The highest BCUT2D eigenvalue weighted by Gasteiger charge is 2.14. The molecule has 0 aromatic heterocycles. The van der Waals surface area contributed by atoms with E-state index in [9.17, 15) is 14.5 Å². The number of phenolic OH excluding ortho intramolecular Hbond substituents is 1. The van der Waals surface area contributed by atoms with Gasteiger partial charge in [0.05, 0.1) is 16.0 Å². The van der Waals surface area contributed by atoms with Crippen molar-refractivity contribution in [2.45, 2.75) is 0 Å². The van der Waals surface area contributed by atoms with Crippen LogP contribution in [-0.2, 0) is 0 Å². The normalized spacial score (nSPS) is 9.83. The molecule has 0 heterocycles. The van der Waals surface area contributed by atoms with Gasteiger partial charge in [-0.3, -0.25) is 10.1 Å². The maximum absolute atomic E-state index is 12.6. The highest BCUT2D eigenvalue weighted by Crippen LogP contribution is 2.29. The SMILES string of the molecule is O=[N+]([O-])c1cc(O)c(F)c(Cl)c1. The fourth-order valence-corrected chi connectivity index (χ4v) is 0.875. The number of hydrogen-bond donors (Lipinski definition) is 1. The van der Waals surface area contributed by atoms with Gasteiger partial charge in [-0.15, -0.1) is 0 Å². The summed E-state index contributed by atoms with van der Waals surface area (Å²) >= 11 is 5.22. The van der Waals surface area contributed by atoms with Gasteiger partial charge < -0.3 is 5.11 Å². The van der Waals surface area contributed by atoms with Crippen LogP contribution in [0.2, 0.25) is 5.02 Å². The molecule has 12 heavy (non-hydrogen) atoms. The van der Waals surface area contributed by atoms with Gasteiger partial charge in [-0.1, -0.05) is 11.6 Å². The standard InChI is InChI=1S/C6H3ClFNO3/c7-4-1-3(9(11)12)2-5(10)6(4)8/h1-2,10H. The van der Waals surface area contributed by atoms with E-state index >= 15 is 0 Å². The Morgan fingerprint density at radius 3 is 2.58 bits per heavy atom. The third-order valence-corrected chi connectivity index (χ3v) is 1.48. The molecule has 64 valence electrons. The van der Waals surface area contributed by atoms with E-state index in [4.69, 9.17) is 16.7 Å². The molecule has 1 aromatic rings. The lowest BCUT2D eigenvalue weighted by Gasteiger charge is -1.97. The zero-order valence-electron chi connectivity index (χ0n) is 5.62. The van der Waals surface area contributed by atoms with Crippen molar-refractivity contribution in [2.24, 2.45) is 0 Å². The second-order valence-corrected chi connectivity index (χ2v) is 2.43. The fourth-order valence-electron chi connectivity index (χ4n) is 0.666. The molecule has 1 N–H and O–H groups in total. The first-order valence-electron chi connectivity index (χ1n) is 2.85. The summed E-state index contributed by atoms with van der Waals surface area (Å²) in [5, 5.41) is 18.4. The number of benzene rings is 1. The van der Waals surface area contributed by atoms with Crippen molar-refractivity contribution in [3.63, 3.8) is 0 Å². The summed E-state index contributed by atoms with van der Waals surface area (Å²) in [5.74, 6) is -1.88. The maximum atomic E-state index is 12.6. The molecule has 6 heteroatoms. The van der Waals surface area contributed by atoms with Gasteiger partial charge in [0.25, 0.3) is 5.69 Å². The minimum absolute atomic E-state index is 0.445. The average molecular weight is 192 g/mol. The molecule has 0 spiro atoms. The molecule has 0 atom stereocenters. The van der Waals surface area contributed by atoms with Crippen LogP contribution in [0.1, 0.15) is 0 Å². The predicted octanol–water partition coefficient (Wildman–Crippen LogP) is 2.09. The van der Waals surface area contributed by atoms with E-state index in [0.29, 0.717) is 6.07 Å². The Balaban J connectivity index is 3.31. The minimum atomic E-state index is -1.05. The largest absolute Gasteiger partial charge is 0.505 e. The average Bonchev–Trinajstić information content (AvgIpc) is 1.99. The number of hydrogen-bond acceptors (Lipinski definition) is 3. The summed E-state index contributed by atoms with van der Waals surface area (Å²) in [6.45, 7) is 0. The number of phenols is 1. The van der Waals surface area contributed by atoms with Crippen LogP contribution in [0.3, 0.4) is 0 Å². The van der Waals surface area contributed by atoms with Gasteiger partial charge in [0.1, 0.15) is 0 Å². The first kappa shape index (κ1) is 8.73. The van der Waals surface area contributed by atoms with Gasteiger partial charge in [-0.2, -0.15) is 0 Å². The minimum Gasteiger partial charge on any atom is -0.505 e. The zero-order chi connectivity index (χ0) is 9.30. The molecule has 0 bridgehead atoms. The van der Waals surface area contributed by atoms with E-state index in [1.807, 2.05) is 0 Å². The predicted molar refractivity (Wildman–Crippen MR) is 39.7 cm³/mol. The van der Waals surface area contributed by atoms with Crippen molar-refractivity contribution in [3.05, 3.63) is 33.1 Å². The molecular weight excluding hydrogens is 189 g/mol. The molecular formula is C6H3ClFNO3. The quantitative estimate of drug-likeness (QED) is 0.546. The first-order chi connectivity index (χ1) is 5.52. The third-order valence-electron chi connectivity index (χ3n) is 1.20. The van der Waals surface area contributed by atoms with E-state index in [2.05, 4.69) is 0 Å². The van der Waals surface area contributed by atoms with Crippen molar-refractivity contribution in [1.29, 1.82) is 0 Å². The Morgan fingerprint density at radius 1 is 1.58 bits per heavy atom. The van der Waals surface area contributed by atoms with Crippen LogP contribution in [0.15, 0.2) is 12.1 Å². The van der Waals surface area contributed by atoms with Gasteiger partial charge in [0.2, 0.25) is 0 Å². The van der Waals surface area contributed by atoms with E-state index in [1.165, 1.54) is 0 Å². The Morgan fingerprint density at radius 2 is 2.17 bits per heavy atom. The van der Waals surface area contributed by atoms with Gasteiger partial charge in [0.15, 0.2) is 11.6 Å². The molecule has 1 aromatic carbocycles. The monoisotopic (exact) mass is 191 g/mol. The maximum Gasteiger partial charge on any atom is 0.274 e. The Labute approximate surface area is 71.3 Å². The van der Waals surface area contributed by atoms with Crippen LogP contribution in [0.25, 0.3) is 0 Å². The fraction of sp³-hybridized carbons (Fsp3) is 0. The molecule has 1 rings (SSSR count). The highest BCUT2D eigenvalue weighted by molar-refractivity contribution is 6.31. The Kier molecular flexibility index (Phi) is 2.14. The number of rotatable bonds is 1. The number of non-ortho nitro benzene ring substituents is 1. The number of nitro groups is 1. The molecule has 0 aliphatic heterocycles. The van der Waals surface area contributed by atoms with Gasteiger partial charge in [-0.05, 0) is 0 Å². The molecule has 0 radical (unpaired) electrons. The zero-order valence-corrected chi connectivity index (χ0v) is 6.38. The van der Waals surface area contributed by atoms with Crippen molar-refractivity contribution in [3.8, 4) is 5.75 Å². The smallest absolute Gasteiger partial charge is 0.274 e. The van der Waals surface area contributed by atoms with E-state index in [-0.39, 0.29) is 0 Å². The van der Waals surface area contributed by atoms with Crippen LogP contribution in [-0.4, -0.2) is 10.0 Å². The van der Waals surface area contributed by atoms with Crippen LogP contribution >= 0.6 is 11.6 Å². The van der Waals surface area contributed by atoms with Gasteiger partial charge >= 0.3 is 0 Å². The van der Waals surface area contributed by atoms with Crippen molar-refractivity contribution in [1.82, 2.24) is 0 Å². The summed E-state index contributed by atoms with van der Waals surface area (Å²) in [6.07, 6.45) is 0. The van der Waals surface area contributed by atoms with Gasteiger partial charge in [0, 0.05) is 6.07 Å². The molecule has 0 amide bonds. The number of halogens is 2. The van der Waals surface area contributed by atoms with E-state index in [1.54, 1.807) is 0 Å². The summed E-state index contributed by atoms with van der Waals surface area (Å²) in [7, 11) is 0.